The van der Waals surface area contributed by atoms with Crippen LogP contribution in [0.5, 0.6) is 0 Å². The van der Waals surface area contributed by atoms with Crippen molar-refractivity contribution in [3.8, 4) is 0 Å². The van der Waals surface area contributed by atoms with Gasteiger partial charge in [0.05, 0.1) is 11.4 Å². The number of nitrogens with one attached hydrogen (secondary N) is 1. The van der Waals surface area contributed by atoms with Crippen molar-refractivity contribution in [1.29, 1.82) is 0 Å². The molecule has 1 aromatic carbocycles. The van der Waals surface area contributed by atoms with Crippen molar-refractivity contribution < 1.29 is 13.2 Å². The first kappa shape index (κ1) is 16.5. The monoisotopic (exact) mass is 322 g/mol. The fraction of sp³-hybridized carbons (Fsp3) is 0.438. The lowest BCUT2D eigenvalue weighted by molar-refractivity contribution is -0.121. The maximum Gasteiger partial charge on any atom is 0.236 e. The predicted molar refractivity (Wildman–Crippen MR) is 89.6 cm³/mol. The Labute approximate surface area is 132 Å². The van der Waals surface area contributed by atoms with Crippen LogP contribution < -0.4 is 9.62 Å². The number of sulfonamides is 1. The second-order valence-electron chi connectivity index (χ2n) is 5.76. The van der Waals surface area contributed by atoms with Gasteiger partial charge in [-0.15, -0.1) is 6.58 Å². The zero-order valence-electron chi connectivity index (χ0n) is 13.0. The molecule has 1 aliphatic heterocycles. The first-order valence-corrected chi connectivity index (χ1v) is 9.05. The third-order valence-corrected chi connectivity index (χ3v) is 4.80. The van der Waals surface area contributed by atoms with E-state index < -0.39 is 10.0 Å². The van der Waals surface area contributed by atoms with Crippen molar-refractivity contribution in [2.45, 2.75) is 26.7 Å². The highest BCUT2D eigenvalue weighted by Crippen LogP contribution is 2.31. The molecule has 0 bridgehead atoms. The van der Waals surface area contributed by atoms with Gasteiger partial charge < -0.3 is 4.90 Å². The summed E-state index contributed by atoms with van der Waals surface area (Å²) in [5, 5.41) is 0. The number of carbonyl (C=O) groups excluding carboxylic acids is 1. The molecule has 1 N–H and O–H groups in total. The van der Waals surface area contributed by atoms with E-state index in [0.29, 0.717) is 12.2 Å². The zero-order chi connectivity index (χ0) is 16.3. The number of fused-ring (bicyclic) bond motifs is 1. The molecule has 1 heterocycles. The summed E-state index contributed by atoms with van der Waals surface area (Å²) in [6, 6.07) is 5.37. The highest BCUT2D eigenvalue weighted by atomic mass is 32.2. The first-order valence-electron chi connectivity index (χ1n) is 7.40. The molecule has 0 saturated carbocycles. The van der Waals surface area contributed by atoms with E-state index in [9.17, 15) is 13.2 Å². The number of rotatable bonds is 5. The number of nitrogens with zero attached hydrogens (tertiary/aromatic N) is 1. The van der Waals surface area contributed by atoms with Crippen molar-refractivity contribution in [2.24, 2.45) is 5.92 Å². The summed E-state index contributed by atoms with van der Waals surface area (Å²) in [4.78, 5) is 14.1. The van der Waals surface area contributed by atoms with Gasteiger partial charge in [-0.05, 0) is 30.5 Å². The van der Waals surface area contributed by atoms with Gasteiger partial charge in [-0.2, -0.15) is 0 Å². The average Bonchev–Trinajstić information content (AvgIpc) is 2.45. The van der Waals surface area contributed by atoms with Gasteiger partial charge in [0.1, 0.15) is 0 Å². The lowest BCUT2D eigenvalue weighted by atomic mass is 9.99. The van der Waals surface area contributed by atoms with Gasteiger partial charge in [0.2, 0.25) is 15.9 Å². The Balaban J connectivity index is 2.33. The van der Waals surface area contributed by atoms with E-state index in [1.807, 2.05) is 19.9 Å². The van der Waals surface area contributed by atoms with Crippen molar-refractivity contribution in [3.63, 3.8) is 0 Å². The molecular weight excluding hydrogens is 300 g/mol. The van der Waals surface area contributed by atoms with E-state index in [2.05, 4.69) is 11.3 Å². The molecule has 22 heavy (non-hydrogen) atoms. The molecule has 2 rings (SSSR count). The third-order valence-electron chi connectivity index (χ3n) is 3.57. The Bertz CT molecular complexity index is 681. The molecule has 5 nitrogen and oxygen atoms in total. The summed E-state index contributed by atoms with van der Waals surface area (Å²) in [5.74, 6) is -0.169. The maximum absolute atomic E-state index is 12.3. The summed E-state index contributed by atoms with van der Waals surface area (Å²) in [5.41, 5.74) is 2.36. The van der Waals surface area contributed by atoms with E-state index >= 15 is 0 Å². The van der Waals surface area contributed by atoms with Crippen molar-refractivity contribution in [1.82, 2.24) is 0 Å². The Kier molecular flexibility index (Phi) is 4.90. The topological polar surface area (TPSA) is 66.5 Å². The SMILES string of the molecule is C=CCS(=O)(=O)Nc1ccc2c(c1)N(C(=O)C(C)C)CCC2. The Morgan fingerprint density at radius 3 is 2.82 bits per heavy atom. The fourth-order valence-corrected chi connectivity index (χ4v) is 3.43. The minimum absolute atomic E-state index is 0.0621. The van der Waals surface area contributed by atoms with E-state index in [4.69, 9.17) is 0 Å². The van der Waals surface area contributed by atoms with Crippen LogP contribution in [0.25, 0.3) is 0 Å². The van der Waals surface area contributed by atoms with E-state index in [1.165, 1.54) is 6.08 Å². The number of hydrogen-bond acceptors (Lipinski definition) is 3. The second kappa shape index (κ2) is 6.52. The van der Waals surface area contributed by atoms with Gasteiger partial charge in [0.25, 0.3) is 0 Å². The maximum atomic E-state index is 12.3. The molecule has 0 radical (unpaired) electrons. The molecular formula is C16H22N2O3S. The van der Waals surface area contributed by atoms with Crippen LogP contribution in [0.4, 0.5) is 11.4 Å². The Morgan fingerprint density at radius 2 is 2.18 bits per heavy atom. The second-order valence-corrected chi connectivity index (χ2v) is 7.53. The molecule has 1 aromatic rings. The molecule has 6 heteroatoms. The lowest BCUT2D eigenvalue weighted by Crippen LogP contribution is -2.38. The van der Waals surface area contributed by atoms with Gasteiger partial charge in [-0.3, -0.25) is 9.52 Å². The van der Waals surface area contributed by atoms with Gasteiger partial charge in [0, 0.05) is 18.2 Å². The van der Waals surface area contributed by atoms with Crippen molar-refractivity contribution in [3.05, 3.63) is 36.4 Å². The zero-order valence-corrected chi connectivity index (χ0v) is 13.8. The molecule has 0 aromatic heterocycles. The van der Waals surface area contributed by atoms with Crippen LogP contribution in [-0.2, 0) is 21.2 Å². The van der Waals surface area contributed by atoms with Crippen LogP contribution in [0.2, 0.25) is 0 Å². The number of aryl methyl sites for hydroxylation is 1. The van der Waals surface area contributed by atoms with Crippen LogP contribution in [0.1, 0.15) is 25.8 Å². The summed E-state index contributed by atoms with van der Waals surface area (Å²) in [6.45, 7) is 7.85. The fourth-order valence-electron chi connectivity index (χ4n) is 2.56. The van der Waals surface area contributed by atoms with Gasteiger partial charge in [-0.25, -0.2) is 8.42 Å². The van der Waals surface area contributed by atoms with E-state index in [1.54, 1.807) is 17.0 Å². The Morgan fingerprint density at radius 1 is 1.45 bits per heavy atom. The summed E-state index contributed by atoms with van der Waals surface area (Å²) in [7, 11) is -3.44. The van der Waals surface area contributed by atoms with E-state index in [-0.39, 0.29) is 17.6 Å². The minimum Gasteiger partial charge on any atom is -0.312 e. The molecule has 0 aliphatic carbocycles. The summed E-state index contributed by atoms with van der Waals surface area (Å²) in [6.07, 6.45) is 3.17. The van der Waals surface area contributed by atoms with Gasteiger partial charge in [-0.1, -0.05) is 26.0 Å². The molecule has 120 valence electrons. The molecule has 0 unspecified atom stereocenters. The lowest BCUT2D eigenvalue weighted by Gasteiger charge is -2.31. The van der Waals surface area contributed by atoms with E-state index in [0.717, 1.165) is 24.1 Å². The molecule has 1 amide bonds. The summed E-state index contributed by atoms with van der Waals surface area (Å²) < 4.78 is 26.2. The number of benzene rings is 1. The van der Waals surface area contributed by atoms with Gasteiger partial charge >= 0.3 is 0 Å². The van der Waals surface area contributed by atoms with Crippen LogP contribution >= 0.6 is 0 Å². The van der Waals surface area contributed by atoms with Crippen LogP contribution in [0, 0.1) is 5.92 Å². The van der Waals surface area contributed by atoms with Gasteiger partial charge in [0.15, 0.2) is 0 Å². The highest BCUT2D eigenvalue weighted by molar-refractivity contribution is 7.92. The summed E-state index contributed by atoms with van der Waals surface area (Å²) >= 11 is 0. The minimum atomic E-state index is -3.44. The molecule has 0 saturated heterocycles. The molecule has 0 spiro atoms. The first-order chi connectivity index (χ1) is 10.3. The van der Waals surface area contributed by atoms with Crippen LogP contribution in [0.15, 0.2) is 30.9 Å². The standard InChI is InChI=1S/C16H22N2O3S/c1-4-10-22(20,21)17-14-8-7-13-6-5-9-18(15(13)11-14)16(19)12(2)3/h4,7-8,11-12,17H,1,5-6,9-10H2,2-3H3. The molecule has 1 aliphatic rings. The predicted octanol–water partition coefficient (Wildman–Crippen LogP) is 2.55. The van der Waals surface area contributed by atoms with Crippen LogP contribution in [-0.4, -0.2) is 26.6 Å². The quantitative estimate of drug-likeness (QED) is 0.847. The number of hydrogen-bond donors (Lipinski definition) is 1. The highest BCUT2D eigenvalue weighted by Gasteiger charge is 2.25. The number of anilines is 2. The normalized spacial score (nSPS) is 14.6. The molecule has 0 atom stereocenters. The molecule has 0 fully saturated rings. The van der Waals surface area contributed by atoms with Crippen molar-refractivity contribution >= 4 is 27.3 Å². The third kappa shape index (κ3) is 3.68. The van der Waals surface area contributed by atoms with Crippen molar-refractivity contribution in [2.75, 3.05) is 21.9 Å². The number of amides is 1. The average molecular weight is 322 g/mol. The number of carbonyl (C=O) groups is 1. The smallest absolute Gasteiger partial charge is 0.236 e. The Hall–Kier alpha value is -1.82. The van der Waals surface area contributed by atoms with Crippen LogP contribution in [0.3, 0.4) is 0 Å². The largest absolute Gasteiger partial charge is 0.312 e.